The Hall–Kier alpha value is -2.04. The van der Waals surface area contributed by atoms with Crippen LogP contribution in [0.15, 0.2) is 28.7 Å². The Kier molecular flexibility index (Phi) is 3.59. The highest BCUT2D eigenvalue weighted by Gasteiger charge is 2.05. The van der Waals surface area contributed by atoms with Crippen LogP contribution in [0.5, 0.6) is 5.75 Å². The van der Waals surface area contributed by atoms with E-state index in [0.717, 1.165) is 30.8 Å². The molecule has 0 fully saturated rings. The minimum Gasteiger partial charge on any atom is -0.494 e. The van der Waals surface area contributed by atoms with Gasteiger partial charge in [-0.05, 0) is 30.7 Å². The summed E-state index contributed by atoms with van der Waals surface area (Å²) in [5.74, 6) is 1.26. The van der Waals surface area contributed by atoms with Gasteiger partial charge in [-0.2, -0.15) is 0 Å². The van der Waals surface area contributed by atoms with Crippen LogP contribution in [0.4, 0.5) is 6.01 Å². The van der Waals surface area contributed by atoms with Gasteiger partial charge in [0.15, 0.2) is 0 Å². The lowest BCUT2D eigenvalue weighted by molar-refractivity contribution is 0.309. The number of nitrogens with zero attached hydrogens (tertiary/aromatic N) is 2. The standard InChI is InChI=1S/C12H15N3O2/c1-2-3-8-16-10-6-4-9(5-7-10)11-14-15-12(13)17-11/h4-7H,2-3,8H2,1H3,(H2,13,15). The number of nitrogens with two attached hydrogens (primary N) is 1. The highest BCUT2D eigenvalue weighted by molar-refractivity contribution is 5.54. The maximum atomic E-state index is 5.55. The van der Waals surface area contributed by atoms with E-state index in [9.17, 15) is 0 Å². The molecule has 0 atom stereocenters. The van der Waals surface area contributed by atoms with Gasteiger partial charge in [-0.3, -0.25) is 0 Å². The van der Waals surface area contributed by atoms with Crippen LogP contribution < -0.4 is 10.5 Å². The summed E-state index contributed by atoms with van der Waals surface area (Å²) < 4.78 is 10.7. The number of aromatic nitrogens is 2. The van der Waals surface area contributed by atoms with E-state index in [1.165, 1.54) is 0 Å². The quantitative estimate of drug-likeness (QED) is 0.803. The number of hydrogen-bond donors (Lipinski definition) is 1. The van der Waals surface area contributed by atoms with Crippen molar-refractivity contribution in [3.8, 4) is 17.2 Å². The first-order valence-corrected chi connectivity index (χ1v) is 5.62. The Morgan fingerprint density at radius 2 is 2.00 bits per heavy atom. The van der Waals surface area contributed by atoms with Crippen LogP contribution in [0.25, 0.3) is 11.5 Å². The fourth-order valence-electron chi connectivity index (χ4n) is 1.38. The molecule has 0 aliphatic rings. The molecular formula is C12H15N3O2. The van der Waals surface area contributed by atoms with Crippen molar-refractivity contribution in [1.29, 1.82) is 0 Å². The van der Waals surface area contributed by atoms with E-state index >= 15 is 0 Å². The van der Waals surface area contributed by atoms with Gasteiger partial charge in [0, 0.05) is 5.56 Å². The van der Waals surface area contributed by atoms with Crippen LogP contribution in [0.2, 0.25) is 0 Å². The van der Waals surface area contributed by atoms with Crippen molar-refractivity contribution in [2.24, 2.45) is 0 Å². The fourth-order valence-corrected chi connectivity index (χ4v) is 1.38. The molecule has 1 aromatic heterocycles. The number of hydrogen-bond acceptors (Lipinski definition) is 5. The maximum absolute atomic E-state index is 5.55. The van der Waals surface area contributed by atoms with Crippen LogP contribution in [0.1, 0.15) is 19.8 Å². The monoisotopic (exact) mass is 233 g/mol. The Morgan fingerprint density at radius 1 is 1.24 bits per heavy atom. The van der Waals surface area contributed by atoms with E-state index in [1.54, 1.807) is 0 Å². The Balaban J connectivity index is 2.02. The van der Waals surface area contributed by atoms with Crippen LogP contribution >= 0.6 is 0 Å². The van der Waals surface area contributed by atoms with Gasteiger partial charge >= 0.3 is 6.01 Å². The van der Waals surface area contributed by atoms with Crippen molar-refractivity contribution in [2.75, 3.05) is 12.3 Å². The van der Waals surface area contributed by atoms with Gasteiger partial charge in [0.25, 0.3) is 0 Å². The highest BCUT2D eigenvalue weighted by atomic mass is 16.5. The third-order valence-electron chi connectivity index (χ3n) is 2.31. The summed E-state index contributed by atoms with van der Waals surface area (Å²) in [6.07, 6.45) is 2.18. The average Bonchev–Trinajstić information content (AvgIpc) is 2.77. The SMILES string of the molecule is CCCCOc1ccc(-c2nnc(N)o2)cc1. The Morgan fingerprint density at radius 3 is 2.59 bits per heavy atom. The zero-order valence-corrected chi connectivity index (χ0v) is 9.72. The molecule has 1 heterocycles. The Labute approximate surface area is 99.6 Å². The second-order valence-corrected chi connectivity index (χ2v) is 3.67. The molecule has 2 N–H and O–H groups in total. The topological polar surface area (TPSA) is 74.2 Å². The highest BCUT2D eigenvalue weighted by Crippen LogP contribution is 2.21. The van der Waals surface area contributed by atoms with Gasteiger partial charge in [-0.25, -0.2) is 0 Å². The zero-order chi connectivity index (χ0) is 12.1. The van der Waals surface area contributed by atoms with Crippen molar-refractivity contribution in [1.82, 2.24) is 10.2 Å². The predicted molar refractivity (Wildman–Crippen MR) is 64.5 cm³/mol. The van der Waals surface area contributed by atoms with Gasteiger partial charge in [-0.15, -0.1) is 5.10 Å². The van der Waals surface area contributed by atoms with E-state index in [-0.39, 0.29) is 6.01 Å². The van der Waals surface area contributed by atoms with Crippen molar-refractivity contribution in [2.45, 2.75) is 19.8 Å². The maximum Gasteiger partial charge on any atom is 0.313 e. The molecule has 0 spiro atoms. The van der Waals surface area contributed by atoms with Gasteiger partial charge in [0.2, 0.25) is 5.89 Å². The first-order valence-electron chi connectivity index (χ1n) is 5.62. The average molecular weight is 233 g/mol. The number of benzene rings is 1. The largest absolute Gasteiger partial charge is 0.494 e. The minimum atomic E-state index is 0.0725. The molecule has 2 rings (SSSR count). The molecule has 0 unspecified atom stereocenters. The van der Waals surface area contributed by atoms with Crippen molar-refractivity contribution in [3.63, 3.8) is 0 Å². The molecule has 90 valence electrons. The fraction of sp³-hybridized carbons (Fsp3) is 0.333. The first kappa shape index (κ1) is 11.4. The Bertz CT molecular complexity index is 465. The first-order chi connectivity index (χ1) is 8.29. The molecule has 0 saturated carbocycles. The normalized spacial score (nSPS) is 10.4. The summed E-state index contributed by atoms with van der Waals surface area (Å²) in [6, 6.07) is 7.57. The lowest BCUT2D eigenvalue weighted by atomic mass is 10.2. The molecule has 1 aromatic carbocycles. The molecule has 2 aromatic rings. The third-order valence-corrected chi connectivity index (χ3v) is 2.31. The van der Waals surface area contributed by atoms with Crippen LogP contribution in [-0.4, -0.2) is 16.8 Å². The van der Waals surface area contributed by atoms with Gasteiger partial charge in [-0.1, -0.05) is 18.4 Å². The van der Waals surface area contributed by atoms with E-state index in [2.05, 4.69) is 17.1 Å². The van der Waals surface area contributed by atoms with Crippen LogP contribution in [0.3, 0.4) is 0 Å². The summed E-state index contributed by atoms with van der Waals surface area (Å²) in [4.78, 5) is 0. The lowest BCUT2D eigenvalue weighted by Gasteiger charge is -2.04. The van der Waals surface area contributed by atoms with Crippen molar-refractivity contribution in [3.05, 3.63) is 24.3 Å². The van der Waals surface area contributed by atoms with E-state index in [4.69, 9.17) is 14.9 Å². The summed E-state index contributed by atoms with van der Waals surface area (Å²) in [5, 5.41) is 7.41. The molecule has 5 nitrogen and oxygen atoms in total. The summed E-state index contributed by atoms with van der Waals surface area (Å²) >= 11 is 0. The van der Waals surface area contributed by atoms with Crippen LogP contribution in [-0.2, 0) is 0 Å². The molecule has 0 aliphatic carbocycles. The van der Waals surface area contributed by atoms with E-state index in [1.807, 2.05) is 24.3 Å². The van der Waals surface area contributed by atoms with Crippen molar-refractivity contribution >= 4 is 6.01 Å². The number of rotatable bonds is 5. The molecule has 0 aliphatic heterocycles. The number of ether oxygens (including phenoxy) is 1. The molecule has 0 bridgehead atoms. The summed E-state index contributed by atoms with van der Waals surface area (Å²) in [6.45, 7) is 2.87. The molecule has 0 saturated heterocycles. The summed E-state index contributed by atoms with van der Waals surface area (Å²) in [7, 11) is 0. The molecular weight excluding hydrogens is 218 g/mol. The number of unbranched alkanes of at least 4 members (excludes halogenated alkanes) is 1. The van der Waals surface area contributed by atoms with Crippen LogP contribution in [0, 0.1) is 0 Å². The van der Waals surface area contributed by atoms with Gasteiger partial charge in [0.1, 0.15) is 5.75 Å². The zero-order valence-electron chi connectivity index (χ0n) is 9.72. The molecule has 17 heavy (non-hydrogen) atoms. The summed E-state index contributed by atoms with van der Waals surface area (Å²) in [5.41, 5.74) is 6.19. The second kappa shape index (κ2) is 5.34. The van der Waals surface area contributed by atoms with E-state index in [0.29, 0.717) is 5.89 Å². The number of nitrogen functional groups attached to an aromatic ring is 1. The second-order valence-electron chi connectivity index (χ2n) is 3.67. The predicted octanol–water partition coefficient (Wildman–Crippen LogP) is 2.50. The molecule has 0 amide bonds. The molecule has 5 heteroatoms. The smallest absolute Gasteiger partial charge is 0.313 e. The number of anilines is 1. The third kappa shape index (κ3) is 2.96. The van der Waals surface area contributed by atoms with Gasteiger partial charge in [0.05, 0.1) is 6.61 Å². The van der Waals surface area contributed by atoms with E-state index < -0.39 is 0 Å². The molecule has 0 radical (unpaired) electrons. The van der Waals surface area contributed by atoms with Crippen molar-refractivity contribution < 1.29 is 9.15 Å². The minimum absolute atomic E-state index is 0.0725. The van der Waals surface area contributed by atoms with Gasteiger partial charge < -0.3 is 14.9 Å². The lowest BCUT2D eigenvalue weighted by Crippen LogP contribution is -1.95.